The van der Waals surface area contributed by atoms with Crippen LogP contribution in [0.1, 0.15) is 44.6 Å². The number of hydrogen-bond donors (Lipinski definition) is 1. The van der Waals surface area contributed by atoms with Gasteiger partial charge in [0.25, 0.3) is 0 Å². The van der Waals surface area contributed by atoms with Crippen molar-refractivity contribution in [2.75, 3.05) is 13.2 Å². The molecule has 0 aliphatic heterocycles. The molecule has 17 heavy (non-hydrogen) atoms. The highest BCUT2D eigenvalue weighted by Gasteiger charge is 1.97. The van der Waals surface area contributed by atoms with Gasteiger partial charge in [-0.3, -0.25) is 0 Å². The minimum absolute atomic E-state index is 0.752. The van der Waals surface area contributed by atoms with Gasteiger partial charge < -0.3 is 10.5 Å². The quantitative estimate of drug-likeness (QED) is 0.664. The van der Waals surface area contributed by atoms with Crippen molar-refractivity contribution in [3.63, 3.8) is 0 Å². The Hall–Kier alpha value is -1.02. The van der Waals surface area contributed by atoms with E-state index in [4.69, 9.17) is 10.5 Å². The van der Waals surface area contributed by atoms with E-state index in [-0.39, 0.29) is 0 Å². The Balaban J connectivity index is 2.27. The Morgan fingerprint density at radius 2 is 2.00 bits per heavy atom. The van der Waals surface area contributed by atoms with Gasteiger partial charge in [0.2, 0.25) is 0 Å². The van der Waals surface area contributed by atoms with E-state index in [9.17, 15) is 0 Å². The summed E-state index contributed by atoms with van der Waals surface area (Å²) in [6.45, 7) is 3.81. The predicted octanol–water partition coefficient (Wildman–Crippen LogP) is 3.54. The fourth-order valence-corrected chi connectivity index (χ4v) is 1.82. The molecule has 96 valence electrons. The van der Waals surface area contributed by atoms with Crippen LogP contribution < -0.4 is 10.5 Å². The minimum atomic E-state index is 0.752. The second kappa shape index (κ2) is 9.06. The van der Waals surface area contributed by atoms with E-state index in [2.05, 4.69) is 25.1 Å². The highest BCUT2D eigenvalue weighted by molar-refractivity contribution is 5.28. The third-order valence-electron chi connectivity index (χ3n) is 2.83. The Morgan fingerprint density at radius 1 is 1.12 bits per heavy atom. The first kappa shape index (κ1) is 14.0. The van der Waals surface area contributed by atoms with Crippen LogP contribution in [0.2, 0.25) is 0 Å². The Morgan fingerprint density at radius 3 is 2.76 bits per heavy atom. The smallest absolute Gasteiger partial charge is 0.119 e. The van der Waals surface area contributed by atoms with Gasteiger partial charge in [-0.15, -0.1) is 0 Å². The molecule has 2 N–H and O–H groups in total. The summed E-state index contributed by atoms with van der Waals surface area (Å²) in [5.74, 6) is 0.996. The van der Waals surface area contributed by atoms with Gasteiger partial charge in [-0.2, -0.15) is 0 Å². The second-order valence-electron chi connectivity index (χ2n) is 4.45. The maximum atomic E-state index is 5.74. The van der Waals surface area contributed by atoms with Crippen LogP contribution in [0.25, 0.3) is 0 Å². The molecular weight excluding hydrogens is 210 g/mol. The monoisotopic (exact) mass is 235 g/mol. The Kier molecular flexibility index (Phi) is 7.48. The summed E-state index contributed by atoms with van der Waals surface area (Å²) < 4.78 is 5.74. The first-order valence-electron chi connectivity index (χ1n) is 6.78. The molecule has 0 aliphatic rings. The highest BCUT2D eigenvalue weighted by atomic mass is 16.5. The number of hydrogen-bond acceptors (Lipinski definition) is 2. The molecule has 2 nitrogen and oxygen atoms in total. The largest absolute Gasteiger partial charge is 0.494 e. The molecule has 0 amide bonds. The minimum Gasteiger partial charge on any atom is -0.494 e. The molecule has 2 heteroatoms. The molecule has 0 bridgehead atoms. The maximum Gasteiger partial charge on any atom is 0.119 e. The zero-order valence-corrected chi connectivity index (χ0v) is 11.0. The standard InChI is InChI=1S/C15H25NO/c1-2-3-4-5-12-17-15-10-6-8-14(13-15)9-7-11-16/h6,8,10,13H,2-5,7,9,11-12,16H2,1H3. The van der Waals surface area contributed by atoms with Crippen LogP contribution >= 0.6 is 0 Å². The molecule has 0 radical (unpaired) electrons. The average molecular weight is 235 g/mol. The zero-order chi connectivity index (χ0) is 12.3. The number of benzene rings is 1. The first-order chi connectivity index (χ1) is 8.36. The number of rotatable bonds is 9. The fraction of sp³-hybridized carbons (Fsp3) is 0.600. The summed E-state index contributed by atoms with van der Waals surface area (Å²) in [7, 11) is 0. The normalized spacial score (nSPS) is 10.5. The molecule has 0 aliphatic carbocycles. The van der Waals surface area contributed by atoms with Gasteiger partial charge in [0.1, 0.15) is 5.75 Å². The Bertz CT molecular complexity index is 299. The number of ether oxygens (including phenoxy) is 1. The predicted molar refractivity (Wildman–Crippen MR) is 73.5 cm³/mol. The number of nitrogens with two attached hydrogens (primary N) is 1. The third-order valence-corrected chi connectivity index (χ3v) is 2.83. The van der Waals surface area contributed by atoms with Crippen molar-refractivity contribution < 1.29 is 4.74 Å². The van der Waals surface area contributed by atoms with Crippen molar-refractivity contribution >= 4 is 0 Å². The van der Waals surface area contributed by atoms with E-state index in [1.165, 1.54) is 24.8 Å². The molecule has 1 aromatic carbocycles. The van der Waals surface area contributed by atoms with Crippen LogP contribution in [0.15, 0.2) is 24.3 Å². The molecule has 0 heterocycles. The Labute approximate surface area is 105 Å². The second-order valence-corrected chi connectivity index (χ2v) is 4.45. The van der Waals surface area contributed by atoms with Crippen molar-refractivity contribution in [1.29, 1.82) is 0 Å². The van der Waals surface area contributed by atoms with Crippen LogP contribution in [-0.4, -0.2) is 13.2 Å². The molecule has 0 saturated heterocycles. The van der Waals surface area contributed by atoms with Crippen molar-refractivity contribution in [3.8, 4) is 5.75 Å². The van der Waals surface area contributed by atoms with E-state index in [1.54, 1.807) is 0 Å². The van der Waals surface area contributed by atoms with Crippen LogP contribution in [0.4, 0.5) is 0 Å². The topological polar surface area (TPSA) is 35.2 Å². The fourth-order valence-electron chi connectivity index (χ4n) is 1.82. The summed E-state index contributed by atoms with van der Waals surface area (Å²) in [5, 5.41) is 0. The summed E-state index contributed by atoms with van der Waals surface area (Å²) in [6.07, 6.45) is 7.09. The average Bonchev–Trinajstić information content (AvgIpc) is 2.37. The summed E-state index contributed by atoms with van der Waals surface area (Å²) in [5.41, 5.74) is 6.83. The van der Waals surface area contributed by atoms with Gasteiger partial charge in [0.05, 0.1) is 6.61 Å². The van der Waals surface area contributed by atoms with Gasteiger partial charge in [-0.25, -0.2) is 0 Å². The summed E-state index contributed by atoms with van der Waals surface area (Å²) >= 11 is 0. The van der Waals surface area contributed by atoms with E-state index in [0.29, 0.717) is 0 Å². The van der Waals surface area contributed by atoms with E-state index >= 15 is 0 Å². The lowest BCUT2D eigenvalue weighted by Crippen LogP contribution is -2.01. The van der Waals surface area contributed by atoms with Gasteiger partial charge in [-0.05, 0) is 43.5 Å². The van der Waals surface area contributed by atoms with Crippen LogP contribution in [0.3, 0.4) is 0 Å². The van der Waals surface area contributed by atoms with Crippen LogP contribution in [0.5, 0.6) is 5.75 Å². The van der Waals surface area contributed by atoms with Crippen molar-refractivity contribution in [2.24, 2.45) is 5.73 Å². The molecule has 0 fully saturated rings. The van der Waals surface area contributed by atoms with Gasteiger partial charge in [0.15, 0.2) is 0 Å². The molecule has 1 aromatic rings. The third kappa shape index (κ3) is 6.32. The first-order valence-corrected chi connectivity index (χ1v) is 6.78. The zero-order valence-electron chi connectivity index (χ0n) is 11.0. The van der Waals surface area contributed by atoms with Crippen LogP contribution in [-0.2, 0) is 6.42 Å². The summed E-state index contributed by atoms with van der Waals surface area (Å²) in [4.78, 5) is 0. The summed E-state index contributed by atoms with van der Waals surface area (Å²) in [6, 6.07) is 8.37. The lowest BCUT2D eigenvalue weighted by Gasteiger charge is -2.07. The SMILES string of the molecule is CCCCCCOc1cccc(CCCN)c1. The lowest BCUT2D eigenvalue weighted by atomic mass is 10.1. The van der Waals surface area contributed by atoms with Crippen molar-refractivity contribution in [3.05, 3.63) is 29.8 Å². The maximum absolute atomic E-state index is 5.74. The van der Waals surface area contributed by atoms with Gasteiger partial charge in [0, 0.05) is 0 Å². The van der Waals surface area contributed by atoms with E-state index in [0.717, 1.165) is 38.2 Å². The van der Waals surface area contributed by atoms with Crippen molar-refractivity contribution in [2.45, 2.75) is 45.4 Å². The molecule has 0 atom stereocenters. The molecule has 0 spiro atoms. The van der Waals surface area contributed by atoms with Gasteiger partial charge >= 0.3 is 0 Å². The van der Waals surface area contributed by atoms with Crippen LogP contribution in [0, 0.1) is 0 Å². The number of aryl methyl sites for hydroxylation is 1. The molecular formula is C15H25NO. The molecule has 0 aromatic heterocycles. The van der Waals surface area contributed by atoms with Crippen molar-refractivity contribution in [1.82, 2.24) is 0 Å². The van der Waals surface area contributed by atoms with Gasteiger partial charge in [-0.1, -0.05) is 38.3 Å². The molecule has 0 unspecified atom stereocenters. The highest BCUT2D eigenvalue weighted by Crippen LogP contribution is 2.15. The molecule has 0 saturated carbocycles. The lowest BCUT2D eigenvalue weighted by molar-refractivity contribution is 0.305. The number of unbranched alkanes of at least 4 members (excludes halogenated alkanes) is 3. The van der Waals surface area contributed by atoms with E-state index < -0.39 is 0 Å². The van der Waals surface area contributed by atoms with E-state index in [1.807, 2.05) is 6.07 Å². The molecule has 1 rings (SSSR count).